The fourth-order valence-corrected chi connectivity index (χ4v) is 3.51. The normalized spacial score (nSPS) is 11.0. The lowest BCUT2D eigenvalue weighted by molar-refractivity contribution is -0.123. The van der Waals surface area contributed by atoms with Crippen LogP contribution in [0.15, 0.2) is 54.6 Å². The van der Waals surface area contributed by atoms with E-state index in [-0.39, 0.29) is 12.5 Å². The predicted octanol–water partition coefficient (Wildman–Crippen LogP) is 4.35. The van der Waals surface area contributed by atoms with Gasteiger partial charge in [-0.3, -0.25) is 4.79 Å². The number of pyridine rings is 1. The molecule has 1 amide bonds. The molecule has 0 bridgehead atoms. The van der Waals surface area contributed by atoms with Gasteiger partial charge in [-0.15, -0.1) is 0 Å². The summed E-state index contributed by atoms with van der Waals surface area (Å²) in [7, 11) is 0. The van der Waals surface area contributed by atoms with Gasteiger partial charge in [0.1, 0.15) is 0 Å². The Morgan fingerprint density at radius 3 is 2.29 bits per heavy atom. The molecule has 1 N–H and O–H groups in total. The van der Waals surface area contributed by atoms with Gasteiger partial charge in [0.2, 0.25) is 5.88 Å². The van der Waals surface area contributed by atoms with E-state index in [9.17, 15) is 4.79 Å². The highest BCUT2D eigenvalue weighted by molar-refractivity contribution is 5.84. The van der Waals surface area contributed by atoms with Crippen molar-refractivity contribution in [2.75, 3.05) is 6.61 Å². The summed E-state index contributed by atoms with van der Waals surface area (Å²) in [6.07, 6.45) is 0. The van der Waals surface area contributed by atoms with Crippen LogP contribution in [0.25, 0.3) is 16.7 Å². The van der Waals surface area contributed by atoms with Crippen molar-refractivity contribution in [2.45, 2.75) is 34.2 Å². The highest BCUT2D eigenvalue weighted by atomic mass is 16.5. The summed E-state index contributed by atoms with van der Waals surface area (Å²) >= 11 is 0. The van der Waals surface area contributed by atoms with Crippen LogP contribution < -0.4 is 10.1 Å². The molecular formula is C25H26N4O2. The number of benzene rings is 2. The zero-order valence-corrected chi connectivity index (χ0v) is 18.3. The first-order chi connectivity index (χ1) is 14.9. The zero-order valence-electron chi connectivity index (χ0n) is 18.3. The molecule has 0 saturated carbocycles. The van der Waals surface area contributed by atoms with Gasteiger partial charge in [0.15, 0.2) is 12.3 Å². The van der Waals surface area contributed by atoms with Gasteiger partial charge in [-0.2, -0.15) is 10.1 Å². The lowest BCUT2D eigenvalue weighted by atomic mass is 10.1. The molecule has 0 aliphatic rings. The summed E-state index contributed by atoms with van der Waals surface area (Å²) in [5, 5.41) is 8.55. The van der Waals surface area contributed by atoms with Gasteiger partial charge < -0.3 is 10.1 Å². The van der Waals surface area contributed by atoms with E-state index in [0.717, 1.165) is 33.5 Å². The standard InChI is InChI=1S/C25H26N4O2/c1-16-5-9-20(10-6-16)14-26-22(30)15-31-23-13-18(3)24-19(4)28-29(25(24)27-23)21-11-7-17(2)8-12-21/h5-13H,14-15H2,1-4H3,(H,26,30). The third-order valence-electron chi connectivity index (χ3n) is 5.23. The van der Waals surface area contributed by atoms with Crippen LogP contribution in [0, 0.1) is 27.7 Å². The molecule has 6 nitrogen and oxygen atoms in total. The molecule has 0 unspecified atom stereocenters. The number of aryl methyl sites for hydroxylation is 4. The molecule has 2 aromatic heterocycles. The van der Waals surface area contributed by atoms with Gasteiger partial charge in [-0.1, -0.05) is 47.5 Å². The topological polar surface area (TPSA) is 69.0 Å². The molecule has 31 heavy (non-hydrogen) atoms. The SMILES string of the molecule is Cc1ccc(CNC(=O)COc2cc(C)c3c(C)nn(-c4ccc(C)cc4)c3n2)cc1. The number of nitrogens with zero attached hydrogens (tertiary/aromatic N) is 3. The number of rotatable bonds is 6. The number of carbonyl (C=O) groups excluding carboxylic acids is 1. The molecule has 0 aliphatic heterocycles. The van der Waals surface area contributed by atoms with Crippen molar-refractivity contribution >= 4 is 16.9 Å². The van der Waals surface area contributed by atoms with E-state index >= 15 is 0 Å². The van der Waals surface area contributed by atoms with Crippen LogP contribution in [0.2, 0.25) is 0 Å². The maximum atomic E-state index is 12.2. The Kier molecular flexibility index (Phi) is 5.71. The fraction of sp³-hybridized carbons (Fsp3) is 0.240. The Morgan fingerprint density at radius 1 is 0.968 bits per heavy atom. The maximum absolute atomic E-state index is 12.2. The van der Waals surface area contributed by atoms with Crippen LogP contribution in [0.4, 0.5) is 0 Å². The van der Waals surface area contributed by atoms with Crippen molar-refractivity contribution in [2.24, 2.45) is 0 Å². The van der Waals surface area contributed by atoms with E-state index < -0.39 is 0 Å². The Bertz CT molecular complexity index is 1230. The molecule has 6 heteroatoms. The molecule has 158 valence electrons. The maximum Gasteiger partial charge on any atom is 0.258 e. The van der Waals surface area contributed by atoms with Gasteiger partial charge in [0.05, 0.1) is 11.4 Å². The van der Waals surface area contributed by atoms with Gasteiger partial charge in [-0.25, -0.2) is 4.68 Å². The van der Waals surface area contributed by atoms with E-state index in [2.05, 4.69) is 22.3 Å². The van der Waals surface area contributed by atoms with Crippen LogP contribution >= 0.6 is 0 Å². The lowest BCUT2D eigenvalue weighted by Crippen LogP contribution is -2.28. The smallest absolute Gasteiger partial charge is 0.258 e. The highest BCUT2D eigenvalue weighted by Gasteiger charge is 2.15. The number of hydrogen-bond donors (Lipinski definition) is 1. The van der Waals surface area contributed by atoms with Crippen molar-refractivity contribution in [3.05, 3.63) is 82.5 Å². The van der Waals surface area contributed by atoms with Crippen LogP contribution in [-0.4, -0.2) is 27.3 Å². The molecule has 2 heterocycles. The number of hydrogen-bond acceptors (Lipinski definition) is 4. The number of amides is 1. The van der Waals surface area contributed by atoms with E-state index in [1.54, 1.807) is 0 Å². The largest absolute Gasteiger partial charge is 0.468 e. The summed E-state index contributed by atoms with van der Waals surface area (Å²) in [5.41, 5.74) is 6.99. The summed E-state index contributed by atoms with van der Waals surface area (Å²) in [4.78, 5) is 16.9. The minimum Gasteiger partial charge on any atom is -0.468 e. The van der Waals surface area contributed by atoms with E-state index in [1.165, 1.54) is 11.1 Å². The third-order valence-corrected chi connectivity index (χ3v) is 5.23. The zero-order chi connectivity index (χ0) is 22.0. The number of fused-ring (bicyclic) bond motifs is 1. The molecule has 0 fully saturated rings. The molecule has 4 rings (SSSR count). The van der Waals surface area contributed by atoms with Crippen molar-refractivity contribution < 1.29 is 9.53 Å². The minimum absolute atomic E-state index is 0.0958. The molecule has 0 aliphatic carbocycles. The van der Waals surface area contributed by atoms with Gasteiger partial charge in [-0.05, 0) is 51.0 Å². The first-order valence-corrected chi connectivity index (χ1v) is 10.3. The van der Waals surface area contributed by atoms with E-state index in [4.69, 9.17) is 4.74 Å². The summed E-state index contributed by atoms with van der Waals surface area (Å²) < 4.78 is 7.54. The molecule has 2 aromatic carbocycles. The molecule has 4 aromatic rings. The average Bonchev–Trinajstić information content (AvgIpc) is 3.09. The Hall–Kier alpha value is -3.67. The first-order valence-electron chi connectivity index (χ1n) is 10.3. The fourth-order valence-electron chi connectivity index (χ4n) is 3.51. The van der Waals surface area contributed by atoms with Crippen molar-refractivity contribution in [1.82, 2.24) is 20.1 Å². The number of carbonyl (C=O) groups is 1. The van der Waals surface area contributed by atoms with Gasteiger partial charge >= 0.3 is 0 Å². The average molecular weight is 415 g/mol. The minimum atomic E-state index is -0.191. The van der Waals surface area contributed by atoms with Crippen LogP contribution in [-0.2, 0) is 11.3 Å². The molecule has 0 spiro atoms. The third kappa shape index (κ3) is 4.58. The number of ether oxygens (including phenoxy) is 1. The second kappa shape index (κ2) is 8.60. The number of aromatic nitrogens is 3. The molecular weight excluding hydrogens is 388 g/mol. The van der Waals surface area contributed by atoms with Crippen LogP contribution in [0.3, 0.4) is 0 Å². The van der Waals surface area contributed by atoms with E-state index in [0.29, 0.717) is 12.4 Å². The summed E-state index contributed by atoms with van der Waals surface area (Å²) in [6, 6.07) is 18.0. The molecule has 0 saturated heterocycles. The molecule has 0 radical (unpaired) electrons. The van der Waals surface area contributed by atoms with Crippen molar-refractivity contribution in [3.63, 3.8) is 0 Å². The second-order valence-electron chi connectivity index (χ2n) is 7.86. The quantitative estimate of drug-likeness (QED) is 0.509. The van der Waals surface area contributed by atoms with Crippen molar-refractivity contribution in [3.8, 4) is 11.6 Å². The van der Waals surface area contributed by atoms with Crippen LogP contribution in [0.5, 0.6) is 5.88 Å². The van der Waals surface area contributed by atoms with Gasteiger partial charge in [0, 0.05) is 18.0 Å². The Balaban J connectivity index is 1.50. The predicted molar refractivity (Wildman–Crippen MR) is 122 cm³/mol. The Labute approximate surface area is 181 Å². The highest BCUT2D eigenvalue weighted by Crippen LogP contribution is 2.26. The Morgan fingerprint density at radius 2 is 1.61 bits per heavy atom. The van der Waals surface area contributed by atoms with Gasteiger partial charge in [0.25, 0.3) is 5.91 Å². The monoisotopic (exact) mass is 414 g/mol. The van der Waals surface area contributed by atoms with Crippen molar-refractivity contribution in [1.29, 1.82) is 0 Å². The molecule has 0 atom stereocenters. The van der Waals surface area contributed by atoms with E-state index in [1.807, 2.05) is 80.1 Å². The lowest BCUT2D eigenvalue weighted by Gasteiger charge is -2.09. The number of nitrogens with one attached hydrogen (secondary N) is 1. The summed E-state index contributed by atoms with van der Waals surface area (Å²) in [6.45, 7) is 8.43. The first kappa shape index (κ1) is 20.6. The second-order valence-corrected chi connectivity index (χ2v) is 7.86. The summed E-state index contributed by atoms with van der Waals surface area (Å²) in [5.74, 6) is 0.215. The van der Waals surface area contributed by atoms with Crippen LogP contribution in [0.1, 0.15) is 27.9 Å².